The van der Waals surface area contributed by atoms with E-state index in [0.29, 0.717) is 10.8 Å². The lowest BCUT2D eigenvalue weighted by Crippen LogP contribution is -2.46. The van der Waals surface area contributed by atoms with Crippen molar-refractivity contribution in [3.8, 4) is 5.75 Å². The zero-order chi connectivity index (χ0) is 17.2. The summed E-state index contributed by atoms with van der Waals surface area (Å²) in [5.41, 5.74) is -2.38. The first-order chi connectivity index (χ1) is 10.7. The van der Waals surface area contributed by atoms with Crippen molar-refractivity contribution in [2.45, 2.75) is 32.0 Å². The van der Waals surface area contributed by atoms with Crippen molar-refractivity contribution < 1.29 is 23.8 Å². The van der Waals surface area contributed by atoms with Gasteiger partial charge in [-0.15, -0.1) is 0 Å². The molecular formula is C16H19ClFNO4. The number of alkyl halides is 1. The van der Waals surface area contributed by atoms with Crippen LogP contribution in [0.5, 0.6) is 5.75 Å². The second-order valence-electron chi connectivity index (χ2n) is 6.02. The third kappa shape index (κ3) is 3.93. The van der Waals surface area contributed by atoms with E-state index in [9.17, 15) is 14.0 Å². The highest BCUT2D eigenvalue weighted by Gasteiger charge is 2.48. The molecule has 1 heterocycles. The van der Waals surface area contributed by atoms with E-state index in [0.717, 1.165) is 0 Å². The minimum Gasteiger partial charge on any atom is -0.480 e. The second-order valence-corrected chi connectivity index (χ2v) is 6.46. The normalized spacial score (nSPS) is 22.2. The summed E-state index contributed by atoms with van der Waals surface area (Å²) in [6, 6.07) is 6.65. The summed E-state index contributed by atoms with van der Waals surface area (Å²) in [6.45, 7) is 3.22. The summed E-state index contributed by atoms with van der Waals surface area (Å²) >= 11 is 5.90. The second kappa shape index (κ2) is 6.74. The minimum atomic E-state index is -2.38. The SMILES string of the molecule is CC(C)C(Oc1cccc(Cl)c1)C(=O)N1CCC(F)(C(=O)O)C1. The van der Waals surface area contributed by atoms with Crippen molar-refractivity contribution in [2.24, 2.45) is 5.92 Å². The fourth-order valence-corrected chi connectivity index (χ4v) is 2.65. The average Bonchev–Trinajstić information content (AvgIpc) is 2.88. The molecule has 1 fully saturated rings. The Kier molecular flexibility index (Phi) is 5.14. The van der Waals surface area contributed by atoms with E-state index >= 15 is 0 Å². The minimum absolute atomic E-state index is 0.0593. The number of aliphatic carboxylic acids is 1. The third-order valence-corrected chi connectivity index (χ3v) is 4.06. The third-order valence-electron chi connectivity index (χ3n) is 3.82. The van der Waals surface area contributed by atoms with Gasteiger partial charge >= 0.3 is 5.97 Å². The molecule has 0 saturated carbocycles. The zero-order valence-corrected chi connectivity index (χ0v) is 13.7. The molecule has 0 aliphatic carbocycles. The lowest BCUT2D eigenvalue weighted by atomic mass is 10.1. The summed E-state index contributed by atoms with van der Waals surface area (Å²) in [6.07, 6.45) is -1.04. The monoisotopic (exact) mass is 343 g/mol. The Balaban J connectivity index is 2.12. The number of amides is 1. The molecule has 126 valence electrons. The van der Waals surface area contributed by atoms with Crippen LogP contribution in [-0.2, 0) is 9.59 Å². The predicted octanol–water partition coefficient (Wildman–Crippen LogP) is 2.77. The molecular weight excluding hydrogens is 325 g/mol. The summed E-state index contributed by atoms with van der Waals surface area (Å²) in [7, 11) is 0. The van der Waals surface area contributed by atoms with Crippen LogP contribution >= 0.6 is 11.6 Å². The van der Waals surface area contributed by atoms with Gasteiger partial charge in [-0.1, -0.05) is 31.5 Å². The number of halogens is 2. The highest BCUT2D eigenvalue weighted by atomic mass is 35.5. The summed E-state index contributed by atoms with van der Waals surface area (Å²) in [4.78, 5) is 24.8. The van der Waals surface area contributed by atoms with Crippen LogP contribution in [0.1, 0.15) is 20.3 Å². The maximum Gasteiger partial charge on any atom is 0.343 e. The molecule has 2 unspecified atom stereocenters. The highest BCUT2D eigenvalue weighted by Crippen LogP contribution is 2.28. The predicted molar refractivity (Wildman–Crippen MR) is 83.4 cm³/mol. The molecule has 7 heteroatoms. The number of carboxylic acids is 1. The molecule has 0 radical (unpaired) electrons. The fraction of sp³-hybridized carbons (Fsp3) is 0.500. The Morgan fingerprint density at radius 2 is 2.13 bits per heavy atom. The molecule has 0 spiro atoms. The van der Waals surface area contributed by atoms with Gasteiger partial charge in [0.2, 0.25) is 5.67 Å². The molecule has 1 amide bonds. The number of carbonyl (C=O) groups is 2. The zero-order valence-electron chi connectivity index (χ0n) is 13.0. The lowest BCUT2D eigenvalue weighted by Gasteiger charge is -2.27. The number of carbonyl (C=O) groups excluding carboxylic acids is 1. The van der Waals surface area contributed by atoms with Crippen LogP contribution in [0, 0.1) is 5.92 Å². The number of rotatable bonds is 5. The number of hydrogen-bond donors (Lipinski definition) is 1. The van der Waals surface area contributed by atoms with Crippen molar-refractivity contribution in [1.29, 1.82) is 0 Å². The molecule has 23 heavy (non-hydrogen) atoms. The summed E-state index contributed by atoms with van der Waals surface area (Å²) in [5.74, 6) is -1.68. The van der Waals surface area contributed by atoms with Gasteiger partial charge < -0.3 is 14.7 Å². The molecule has 5 nitrogen and oxygen atoms in total. The Morgan fingerprint density at radius 1 is 1.43 bits per heavy atom. The van der Waals surface area contributed by atoms with Crippen LogP contribution in [-0.4, -0.2) is 46.7 Å². The van der Waals surface area contributed by atoms with E-state index in [-0.39, 0.29) is 18.9 Å². The van der Waals surface area contributed by atoms with Crippen LogP contribution in [0.25, 0.3) is 0 Å². The van der Waals surface area contributed by atoms with Gasteiger partial charge in [0.15, 0.2) is 6.10 Å². The molecule has 0 aromatic heterocycles. The van der Waals surface area contributed by atoms with E-state index in [1.807, 2.05) is 13.8 Å². The number of likely N-dealkylation sites (tertiary alicyclic amines) is 1. The number of benzene rings is 1. The first-order valence-corrected chi connectivity index (χ1v) is 7.74. The number of carboxylic acid groups (broad SMARTS) is 1. The Labute approximate surface area is 139 Å². The van der Waals surface area contributed by atoms with Crippen molar-refractivity contribution in [1.82, 2.24) is 4.90 Å². The van der Waals surface area contributed by atoms with Crippen molar-refractivity contribution in [3.05, 3.63) is 29.3 Å². The molecule has 1 aliphatic rings. The average molecular weight is 344 g/mol. The van der Waals surface area contributed by atoms with E-state index < -0.39 is 30.2 Å². The number of nitrogens with zero attached hydrogens (tertiary/aromatic N) is 1. The molecule has 2 atom stereocenters. The van der Waals surface area contributed by atoms with Gasteiger partial charge in [-0.25, -0.2) is 9.18 Å². The van der Waals surface area contributed by atoms with Crippen LogP contribution < -0.4 is 4.74 Å². The van der Waals surface area contributed by atoms with Crippen molar-refractivity contribution in [3.63, 3.8) is 0 Å². The van der Waals surface area contributed by atoms with Crippen LogP contribution in [0.3, 0.4) is 0 Å². The van der Waals surface area contributed by atoms with Crippen LogP contribution in [0.4, 0.5) is 4.39 Å². The lowest BCUT2D eigenvalue weighted by molar-refractivity contribution is -0.150. The maximum atomic E-state index is 14.1. The first-order valence-electron chi connectivity index (χ1n) is 7.36. The van der Waals surface area contributed by atoms with Gasteiger partial charge in [0.05, 0.1) is 6.54 Å². The molecule has 1 N–H and O–H groups in total. The van der Waals surface area contributed by atoms with Gasteiger partial charge in [0.1, 0.15) is 5.75 Å². The molecule has 1 aromatic carbocycles. The molecule has 1 saturated heterocycles. The maximum absolute atomic E-state index is 14.1. The van der Waals surface area contributed by atoms with Gasteiger partial charge in [0.25, 0.3) is 5.91 Å². The highest BCUT2D eigenvalue weighted by molar-refractivity contribution is 6.30. The van der Waals surface area contributed by atoms with E-state index in [1.165, 1.54) is 4.90 Å². The van der Waals surface area contributed by atoms with Gasteiger partial charge in [-0.3, -0.25) is 4.79 Å². The smallest absolute Gasteiger partial charge is 0.343 e. The molecule has 1 aliphatic heterocycles. The molecule has 1 aromatic rings. The van der Waals surface area contributed by atoms with E-state index in [4.69, 9.17) is 21.4 Å². The topological polar surface area (TPSA) is 66.8 Å². The standard InChI is InChI=1S/C16H19ClFNO4/c1-10(2)13(23-12-5-3-4-11(17)8-12)14(20)19-7-6-16(18,9-19)15(21)22/h3-5,8,10,13H,6-7,9H2,1-2H3,(H,21,22). The van der Waals surface area contributed by atoms with E-state index in [1.54, 1.807) is 24.3 Å². The van der Waals surface area contributed by atoms with Gasteiger partial charge in [0, 0.05) is 18.0 Å². The number of ether oxygens (including phenoxy) is 1. The Hall–Kier alpha value is -1.82. The fourth-order valence-electron chi connectivity index (χ4n) is 2.47. The van der Waals surface area contributed by atoms with Gasteiger partial charge in [-0.2, -0.15) is 0 Å². The largest absolute Gasteiger partial charge is 0.480 e. The summed E-state index contributed by atoms with van der Waals surface area (Å²) in [5, 5.41) is 9.41. The molecule has 0 bridgehead atoms. The van der Waals surface area contributed by atoms with Gasteiger partial charge in [-0.05, 0) is 24.1 Å². The Bertz CT molecular complexity index is 609. The quantitative estimate of drug-likeness (QED) is 0.892. The van der Waals surface area contributed by atoms with Crippen LogP contribution in [0.2, 0.25) is 5.02 Å². The summed E-state index contributed by atoms with van der Waals surface area (Å²) < 4.78 is 19.9. The van der Waals surface area contributed by atoms with Crippen LogP contribution in [0.15, 0.2) is 24.3 Å². The molecule has 2 rings (SSSR count). The first kappa shape index (κ1) is 17.5. The van der Waals surface area contributed by atoms with E-state index in [2.05, 4.69) is 0 Å². The number of hydrogen-bond acceptors (Lipinski definition) is 3. The Morgan fingerprint density at radius 3 is 2.65 bits per heavy atom. The van der Waals surface area contributed by atoms with Crippen molar-refractivity contribution in [2.75, 3.05) is 13.1 Å². The van der Waals surface area contributed by atoms with Crippen molar-refractivity contribution >= 4 is 23.5 Å².